The zero-order valence-corrected chi connectivity index (χ0v) is 16.8. The van der Waals surface area contributed by atoms with Gasteiger partial charge in [0.25, 0.3) is 0 Å². The van der Waals surface area contributed by atoms with Crippen molar-refractivity contribution in [2.75, 3.05) is 6.54 Å². The predicted octanol–water partition coefficient (Wildman–Crippen LogP) is 4.88. The lowest BCUT2D eigenvalue weighted by Gasteiger charge is -2.17. The third-order valence-corrected chi connectivity index (χ3v) is 5.80. The molecule has 2 heterocycles. The number of aromatic nitrogens is 2. The largest absolute Gasteiger partial charge is 0.338 e. The first-order chi connectivity index (χ1) is 15.1. The SMILES string of the molecule is O=C1CC(c2nc3ccccc3n2Cc2ccc(F)cc2)CN1Cc1ccc(F)cc1. The van der Waals surface area contributed by atoms with Crippen LogP contribution in [0.1, 0.15) is 29.3 Å². The lowest BCUT2D eigenvalue weighted by molar-refractivity contribution is -0.128. The van der Waals surface area contributed by atoms with Crippen molar-refractivity contribution in [2.45, 2.75) is 25.4 Å². The van der Waals surface area contributed by atoms with Gasteiger partial charge in [-0.15, -0.1) is 0 Å². The molecule has 31 heavy (non-hydrogen) atoms. The maximum Gasteiger partial charge on any atom is 0.223 e. The van der Waals surface area contributed by atoms with E-state index in [9.17, 15) is 13.6 Å². The number of carbonyl (C=O) groups is 1. The molecule has 1 aromatic heterocycles. The van der Waals surface area contributed by atoms with Gasteiger partial charge in [0.1, 0.15) is 17.5 Å². The summed E-state index contributed by atoms with van der Waals surface area (Å²) in [7, 11) is 0. The fourth-order valence-corrected chi connectivity index (χ4v) is 4.25. The summed E-state index contributed by atoms with van der Waals surface area (Å²) >= 11 is 0. The average molecular weight is 417 g/mol. The van der Waals surface area contributed by atoms with Crippen LogP contribution in [0.2, 0.25) is 0 Å². The van der Waals surface area contributed by atoms with Gasteiger partial charge >= 0.3 is 0 Å². The number of rotatable bonds is 5. The predicted molar refractivity (Wildman–Crippen MR) is 114 cm³/mol. The summed E-state index contributed by atoms with van der Waals surface area (Å²) in [6, 6.07) is 20.6. The number of benzene rings is 3. The summed E-state index contributed by atoms with van der Waals surface area (Å²) in [6.45, 7) is 1.57. The van der Waals surface area contributed by atoms with Gasteiger partial charge in [-0.3, -0.25) is 4.79 Å². The van der Waals surface area contributed by atoms with E-state index in [1.807, 2.05) is 24.3 Å². The highest BCUT2D eigenvalue weighted by Crippen LogP contribution is 2.31. The van der Waals surface area contributed by atoms with Crippen molar-refractivity contribution in [3.05, 3.63) is 101 Å². The minimum atomic E-state index is -0.288. The Labute approximate surface area is 178 Å². The summed E-state index contributed by atoms with van der Waals surface area (Å²) in [5.41, 5.74) is 3.74. The molecular weight excluding hydrogens is 396 g/mol. The molecule has 0 N–H and O–H groups in total. The molecule has 0 radical (unpaired) electrons. The number of fused-ring (bicyclic) bond motifs is 1. The molecule has 0 aliphatic carbocycles. The first kappa shape index (κ1) is 19.4. The van der Waals surface area contributed by atoms with Gasteiger partial charge in [-0.25, -0.2) is 13.8 Å². The van der Waals surface area contributed by atoms with E-state index in [1.54, 1.807) is 29.2 Å². The van der Waals surface area contributed by atoms with Crippen molar-refractivity contribution < 1.29 is 13.6 Å². The molecule has 1 fully saturated rings. The second kappa shape index (κ2) is 7.95. The number of amides is 1. The van der Waals surface area contributed by atoms with Crippen molar-refractivity contribution in [3.8, 4) is 0 Å². The quantitative estimate of drug-likeness (QED) is 0.464. The second-order valence-electron chi connectivity index (χ2n) is 7.97. The standard InChI is InChI=1S/C25H21F2N3O/c26-20-9-5-17(6-10-20)14-29-16-19(13-24(29)31)25-28-22-3-1-2-4-23(22)30(25)15-18-7-11-21(27)12-8-18/h1-12,19H,13-16H2. The molecule has 1 saturated heterocycles. The minimum Gasteiger partial charge on any atom is -0.338 e. The number of hydrogen-bond donors (Lipinski definition) is 0. The summed E-state index contributed by atoms with van der Waals surface area (Å²) in [6.07, 6.45) is 0.383. The molecule has 1 atom stereocenters. The van der Waals surface area contributed by atoms with E-state index in [4.69, 9.17) is 4.98 Å². The first-order valence-corrected chi connectivity index (χ1v) is 10.3. The zero-order valence-electron chi connectivity index (χ0n) is 16.8. The highest BCUT2D eigenvalue weighted by atomic mass is 19.1. The second-order valence-corrected chi connectivity index (χ2v) is 7.97. The van der Waals surface area contributed by atoms with Crippen LogP contribution in [0.5, 0.6) is 0 Å². The molecule has 4 nitrogen and oxygen atoms in total. The van der Waals surface area contributed by atoms with Crippen LogP contribution in [0.4, 0.5) is 8.78 Å². The number of para-hydroxylation sites is 2. The Morgan fingerprint density at radius 1 is 0.839 bits per heavy atom. The fraction of sp³-hybridized carbons (Fsp3) is 0.200. The van der Waals surface area contributed by atoms with Gasteiger partial charge in [-0.2, -0.15) is 0 Å². The summed E-state index contributed by atoms with van der Waals surface area (Å²) in [5, 5.41) is 0. The van der Waals surface area contributed by atoms with Crippen LogP contribution in [-0.2, 0) is 17.9 Å². The Hall–Kier alpha value is -3.54. The van der Waals surface area contributed by atoms with Gasteiger partial charge in [0.2, 0.25) is 5.91 Å². The molecule has 0 saturated carbocycles. The van der Waals surface area contributed by atoms with Gasteiger partial charge in [0.05, 0.1) is 11.0 Å². The van der Waals surface area contributed by atoms with Gasteiger partial charge in [0.15, 0.2) is 0 Å². The van der Waals surface area contributed by atoms with E-state index < -0.39 is 0 Å². The third kappa shape index (κ3) is 3.93. The normalized spacial score (nSPS) is 16.4. The Bertz CT molecular complexity index is 1230. The number of nitrogens with zero attached hydrogens (tertiary/aromatic N) is 3. The summed E-state index contributed by atoms with van der Waals surface area (Å²) in [5.74, 6) is 0.331. The van der Waals surface area contributed by atoms with Crippen molar-refractivity contribution in [1.82, 2.24) is 14.5 Å². The lowest BCUT2D eigenvalue weighted by atomic mass is 10.1. The van der Waals surface area contributed by atoms with E-state index in [-0.39, 0.29) is 23.5 Å². The van der Waals surface area contributed by atoms with Crippen molar-refractivity contribution in [3.63, 3.8) is 0 Å². The molecule has 156 valence electrons. The van der Waals surface area contributed by atoms with Crippen LogP contribution in [-0.4, -0.2) is 26.9 Å². The first-order valence-electron chi connectivity index (χ1n) is 10.3. The van der Waals surface area contributed by atoms with Crippen LogP contribution in [0.3, 0.4) is 0 Å². The van der Waals surface area contributed by atoms with Crippen LogP contribution >= 0.6 is 0 Å². The Kier molecular flexibility index (Phi) is 4.98. The maximum absolute atomic E-state index is 13.3. The molecule has 1 aliphatic heterocycles. The van der Waals surface area contributed by atoms with E-state index in [2.05, 4.69) is 4.57 Å². The van der Waals surface area contributed by atoms with Gasteiger partial charge < -0.3 is 9.47 Å². The van der Waals surface area contributed by atoms with Crippen LogP contribution < -0.4 is 0 Å². The number of hydrogen-bond acceptors (Lipinski definition) is 2. The maximum atomic E-state index is 13.3. The van der Waals surface area contributed by atoms with E-state index in [0.717, 1.165) is 28.0 Å². The third-order valence-electron chi connectivity index (χ3n) is 5.80. The number of imidazole rings is 1. The molecule has 0 spiro atoms. The van der Waals surface area contributed by atoms with Crippen LogP contribution in [0, 0.1) is 11.6 Å². The van der Waals surface area contributed by atoms with E-state index in [0.29, 0.717) is 26.1 Å². The summed E-state index contributed by atoms with van der Waals surface area (Å²) < 4.78 is 28.7. The van der Waals surface area contributed by atoms with Crippen molar-refractivity contribution in [1.29, 1.82) is 0 Å². The molecule has 0 bridgehead atoms. The summed E-state index contributed by atoms with van der Waals surface area (Å²) in [4.78, 5) is 19.4. The fourth-order valence-electron chi connectivity index (χ4n) is 4.25. The van der Waals surface area contributed by atoms with Crippen molar-refractivity contribution >= 4 is 16.9 Å². The Morgan fingerprint density at radius 3 is 2.13 bits per heavy atom. The average Bonchev–Trinajstić information content (AvgIpc) is 3.32. The van der Waals surface area contributed by atoms with E-state index in [1.165, 1.54) is 24.3 Å². The molecule has 6 heteroatoms. The molecular formula is C25H21F2N3O. The van der Waals surface area contributed by atoms with Gasteiger partial charge in [-0.1, -0.05) is 36.4 Å². The number of halogens is 2. The number of likely N-dealkylation sites (tertiary alicyclic amines) is 1. The lowest BCUT2D eigenvalue weighted by Crippen LogP contribution is -2.24. The van der Waals surface area contributed by atoms with Crippen molar-refractivity contribution in [2.24, 2.45) is 0 Å². The minimum absolute atomic E-state index is 0.0409. The number of carbonyl (C=O) groups excluding carboxylic acids is 1. The Balaban J connectivity index is 1.44. The topological polar surface area (TPSA) is 38.1 Å². The highest BCUT2D eigenvalue weighted by Gasteiger charge is 2.34. The van der Waals surface area contributed by atoms with Gasteiger partial charge in [-0.05, 0) is 47.5 Å². The highest BCUT2D eigenvalue weighted by molar-refractivity contribution is 5.81. The molecule has 4 aromatic rings. The van der Waals surface area contributed by atoms with Crippen LogP contribution in [0.25, 0.3) is 11.0 Å². The molecule has 3 aromatic carbocycles. The molecule has 1 unspecified atom stereocenters. The van der Waals surface area contributed by atoms with E-state index >= 15 is 0 Å². The molecule has 5 rings (SSSR count). The van der Waals surface area contributed by atoms with Gasteiger partial charge in [0, 0.05) is 32.0 Å². The Morgan fingerprint density at radius 2 is 1.45 bits per heavy atom. The smallest absolute Gasteiger partial charge is 0.223 e. The molecule has 1 amide bonds. The van der Waals surface area contributed by atoms with Crippen LogP contribution in [0.15, 0.2) is 72.8 Å². The zero-order chi connectivity index (χ0) is 21.4. The monoisotopic (exact) mass is 417 g/mol. The molecule has 1 aliphatic rings.